The van der Waals surface area contributed by atoms with Crippen LogP contribution in [0.4, 0.5) is 5.69 Å². The largest absolute Gasteiger partial charge is 0.465 e. The first-order chi connectivity index (χ1) is 13.3. The number of carbonyl (C=O) groups is 1. The second-order valence-electron chi connectivity index (χ2n) is 9.65. The van der Waals surface area contributed by atoms with Crippen molar-refractivity contribution in [2.75, 3.05) is 18.9 Å². The zero-order chi connectivity index (χ0) is 19.7. The van der Waals surface area contributed by atoms with E-state index in [1.165, 1.54) is 12.8 Å². The molecule has 5 nitrogen and oxygen atoms in total. The van der Waals surface area contributed by atoms with Gasteiger partial charge in [0.05, 0.1) is 6.04 Å². The van der Waals surface area contributed by atoms with Crippen LogP contribution < -0.4 is 9.75 Å². The maximum Gasteiger partial charge on any atom is 0.268 e. The number of alkyl halides is 1. The molecule has 0 aromatic heterocycles. The van der Waals surface area contributed by atoms with Gasteiger partial charge in [0, 0.05) is 12.0 Å². The van der Waals surface area contributed by atoms with Crippen LogP contribution in [0.15, 0.2) is 24.3 Å². The van der Waals surface area contributed by atoms with Crippen LogP contribution in [0.5, 0.6) is 5.75 Å². The zero-order valence-electron chi connectivity index (χ0n) is 16.9. The van der Waals surface area contributed by atoms with Gasteiger partial charge < -0.3 is 9.47 Å². The number of hydrazine groups is 1. The van der Waals surface area contributed by atoms with Crippen molar-refractivity contribution >= 4 is 23.2 Å². The third-order valence-corrected chi connectivity index (χ3v) is 7.80. The average Bonchev–Trinajstić information content (AvgIpc) is 2.64. The monoisotopic (exact) mass is 404 g/mol. The van der Waals surface area contributed by atoms with Crippen LogP contribution >= 0.6 is 11.6 Å². The molecule has 3 unspecified atom stereocenters. The highest BCUT2D eigenvalue weighted by Gasteiger charge is 2.63. The van der Waals surface area contributed by atoms with Crippen molar-refractivity contribution in [3.8, 4) is 5.75 Å². The smallest absolute Gasteiger partial charge is 0.268 e. The third kappa shape index (κ3) is 2.58. The van der Waals surface area contributed by atoms with E-state index in [1.807, 2.05) is 43.1 Å². The summed E-state index contributed by atoms with van der Waals surface area (Å²) >= 11 is 6.94. The van der Waals surface area contributed by atoms with E-state index >= 15 is 0 Å². The van der Waals surface area contributed by atoms with Gasteiger partial charge in [0.2, 0.25) is 0 Å². The molecule has 4 aliphatic carbocycles. The van der Waals surface area contributed by atoms with E-state index in [9.17, 15) is 4.79 Å². The molecule has 152 valence electrons. The molecule has 4 saturated carbocycles. The first kappa shape index (κ1) is 18.6. The molecule has 5 fully saturated rings. The first-order valence-electron chi connectivity index (χ1n) is 10.4. The second-order valence-corrected chi connectivity index (χ2v) is 10.5. The number of carbonyl (C=O) groups excluding carboxylic acids is 1. The number of benzene rings is 1. The van der Waals surface area contributed by atoms with Crippen molar-refractivity contribution in [1.82, 2.24) is 5.01 Å². The molecule has 0 radical (unpaired) electrons. The van der Waals surface area contributed by atoms with Crippen molar-refractivity contribution in [1.29, 1.82) is 0 Å². The molecule has 1 aliphatic heterocycles. The zero-order valence-corrected chi connectivity index (χ0v) is 17.6. The number of nitrogens with zero attached hydrogens (tertiary/aromatic N) is 2. The Hall–Kier alpha value is -1.46. The molecule has 1 aromatic carbocycles. The van der Waals surface area contributed by atoms with Gasteiger partial charge >= 0.3 is 0 Å². The lowest BCUT2D eigenvalue weighted by molar-refractivity contribution is -0.169. The Kier molecular flexibility index (Phi) is 4.15. The predicted octanol–water partition coefficient (Wildman–Crippen LogP) is 4.20. The van der Waals surface area contributed by atoms with E-state index in [0.717, 1.165) is 36.6 Å². The molecule has 1 amide bonds. The molecule has 1 aromatic rings. The molecule has 0 spiro atoms. The molecular weight excluding hydrogens is 376 g/mol. The van der Waals surface area contributed by atoms with Gasteiger partial charge in [-0.25, -0.2) is 5.01 Å². The van der Waals surface area contributed by atoms with Crippen LogP contribution in [0.2, 0.25) is 0 Å². The van der Waals surface area contributed by atoms with Gasteiger partial charge in [-0.15, -0.1) is 11.6 Å². The first-order valence-corrected chi connectivity index (χ1v) is 10.8. The molecule has 5 atom stereocenters. The van der Waals surface area contributed by atoms with Gasteiger partial charge in [-0.3, -0.25) is 9.80 Å². The summed E-state index contributed by atoms with van der Waals surface area (Å²) < 4.78 is 10.9. The summed E-state index contributed by atoms with van der Waals surface area (Å²) in [4.78, 5) is 13.3. The fourth-order valence-corrected chi connectivity index (χ4v) is 7.16. The molecule has 4 bridgehead atoms. The lowest BCUT2D eigenvalue weighted by Gasteiger charge is -2.67. The van der Waals surface area contributed by atoms with Gasteiger partial charge in [0.1, 0.15) is 17.0 Å². The average molecular weight is 405 g/mol. The van der Waals surface area contributed by atoms with Crippen LogP contribution in [0, 0.1) is 17.8 Å². The Morgan fingerprint density at radius 1 is 1.14 bits per heavy atom. The van der Waals surface area contributed by atoms with Gasteiger partial charge in [-0.05, 0) is 75.8 Å². The number of anilines is 1. The summed E-state index contributed by atoms with van der Waals surface area (Å²) in [5, 5.41) is 4.20. The summed E-state index contributed by atoms with van der Waals surface area (Å²) in [6, 6.07) is 8.17. The summed E-state index contributed by atoms with van der Waals surface area (Å²) in [7, 11) is 1.61. The topological polar surface area (TPSA) is 42.0 Å². The fourth-order valence-electron chi connectivity index (χ4n) is 6.55. The number of hydrogen-bond acceptors (Lipinski definition) is 4. The number of methoxy groups -OCH3 is 1. The van der Waals surface area contributed by atoms with E-state index in [1.54, 1.807) is 7.11 Å². The molecule has 6 heteroatoms. The summed E-state index contributed by atoms with van der Waals surface area (Å²) in [6.45, 7) is 4.18. The highest BCUT2D eigenvalue weighted by atomic mass is 35.5. The minimum atomic E-state index is -0.583. The Labute approximate surface area is 171 Å². The van der Waals surface area contributed by atoms with Crippen molar-refractivity contribution in [3.05, 3.63) is 24.3 Å². The van der Waals surface area contributed by atoms with E-state index in [-0.39, 0.29) is 23.6 Å². The van der Waals surface area contributed by atoms with Crippen LogP contribution in [0.1, 0.15) is 46.0 Å². The molecular formula is C22H29ClN2O3. The van der Waals surface area contributed by atoms with Gasteiger partial charge in [-0.1, -0.05) is 12.1 Å². The van der Waals surface area contributed by atoms with Crippen LogP contribution in [-0.2, 0) is 9.53 Å². The second kappa shape index (κ2) is 6.27. The van der Waals surface area contributed by atoms with E-state index in [4.69, 9.17) is 21.1 Å². The van der Waals surface area contributed by atoms with E-state index in [2.05, 4.69) is 5.01 Å². The van der Waals surface area contributed by atoms with Gasteiger partial charge in [-0.2, -0.15) is 0 Å². The molecule has 1 heterocycles. The minimum Gasteiger partial charge on any atom is -0.465 e. The molecule has 0 N–H and O–H groups in total. The van der Waals surface area contributed by atoms with Crippen LogP contribution in [0.25, 0.3) is 0 Å². The summed E-state index contributed by atoms with van der Waals surface area (Å²) in [5.41, 5.74) is 0.346. The SMILES string of the molecule is COCOc1ccccc1N1N(C2[C@@H]3CC4C[C@H]2CC(Cl)(C4)C3)C(=O)C1(C)C. The number of halogens is 1. The summed E-state index contributed by atoms with van der Waals surface area (Å²) in [6.07, 6.45) is 5.63. The standard InChI is InChI=1S/C22H29ClN2O3/c1-21(2)20(26)24(25(21)17-6-4-5-7-18(17)28-13-27-3)19-15-8-14-9-16(19)12-22(23,10-14)11-15/h4-7,14-16,19H,8-13H2,1-3H3/t14?,15-,16+,19?,22?. The number of ether oxygens (including phenoxy) is 2. The van der Waals surface area contributed by atoms with Crippen molar-refractivity contribution in [3.63, 3.8) is 0 Å². The number of rotatable bonds is 5. The van der Waals surface area contributed by atoms with Crippen molar-refractivity contribution < 1.29 is 14.3 Å². The summed E-state index contributed by atoms with van der Waals surface area (Å²) in [5.74, 6) is 2.68. The van der Waals surface area contributed by atoms with Gasteiger partial charge in [0.15, 0.2) is 6.79 Å². The van der Waals surface area contributed by atoms with Crippen molar-refractivity contribution in [2.45, 2.75) is 62.4 Å². The number of hydrogen-bond donors (Lipinski definition) is 0. The lowest BCUT2D eigenvalue weighted by Crippen LogP contribution is -2.80. The maximum absolute atomic E-state index is 13.3. The lowest BCUT2D eigenvalue weighted by atomic mass is 9.53. The highest BCUT2D eigenvalue weighted by Crippen LogP contribution is 2.61. The molecule has 1 saturated heterocycles. The Balaban J connectivity index is 1.50. The minimum absolute atomic E-state index is 0.0270. The van der Waals surface area contributed by atoms with E-state index in [0.29, 0.717) is 11.8 Å². The normalized spacial score (nSPS) is 37.9. The molecule has 28 heavy (non-hydrogen) atoms. The molecule has 5 aliphatic rings. The number of para-hydroxylation sites is 2. The number of amides is 1. The van der Waals surface area contributed by atoms with E-state index < -0.39 is 5.54 Å². The van der Waals surface area contributed by atoms with Crippen LogP contribution in [0.3, 0.4) is 0 Å². The van der Waals surface area contributed by atoms with Crippen LogP contribution in [-0.4, -0.2) is 41.3 Å². The maximum atomic E-state index is 13.3. The quantitative estimate of drug-likeness (QED) is 0.545. The fraction of sp³-hybridized carbons (Fsp3) is 0.682. The third-order valence-electron chi connectivity index (χ3n) is 7.33. The van der Waals surface area contributed by atoms with Gasteiger partial charge in [0.25, 0.3) is 5.91 Å². The highest BCUT2D eigenvalue weighted by molar-refractivity contribution is 6.24. The Morgan fingerprint density at radius 2 is 1.82 bits per heavy atom. The Morgan fingerprint density at radius 3 is 2.46 bits per heavy atom. The molecule has 6 rings (SSSR count). The Bertz CT molecular complexity index is 782. The predicted molar refractivity (Wildman–Crippen MR) is 108 cm³/mol. The van der Waals surface area contributed by atoms with Crippen molar-refractivity contribution in [2.24, 2.45) is 17.8 Å².